The number of piperidine rings is 1. The Hall–Kier alpha value is 0.500. The highest BCUT2D eigenvalue weighted by Gasteiger charge is 2.09. The Morgan fingerprint density at radius 1 is 1.27 bits per heavy atom. The molecule has 1 aliphatic rings. The molecule has 2 nitrogen and oxygen atoms in total. The van der Waals surface area contributed by atoms with Crippen LogP contribution >= 0.6 is 24.8 Å². The topological polar surface area (TPSA) is 38.0 Å². The summed E-state index contributed by atoms with van der Waals surface area (Å²) in [6.45, 7) is 2.03. The second-order valence-corrected chi connectivity index (χ2v) is 2.72. The molecule has 0 saturated carbocycles. The Morgan fingerprint density at radius 2 is 2.00 bits per heavy atom. The Bertz CT molecular complexity index is 72.1. The lowest BCUT2D eigenvalue weighted by atomic mass is 10.0. The highest BCUT2D eigenvalue weighted by atomic mass is 35.5. The van der Waals surface area contributed by atoms with Crippen molar-refractivity contribution < 1.29 is 0 Å². The van der Waals surface area contributed by atoms with E-state index in [4.69, 9.17) is 5.73 Å². The van der Waals surface area contributed by atoms with Gasteiger partial charge in [-0.3, -0.25) is 0 Å². The molecule has 70 valence electrons. The fourth-order valence-corrected chi connectivity index (χ4v) is 1.37. The molecule has 1 heterocycles. The molecule has 0 spiro atoms. The molecule has 4 heteroatoms. The molecular formula is C7H18Cl2N2. The lowest BCUT2D eigenvalue weighted by Crippen LogP contribution is -2.35. The van der Waals surface area contributed by atoms with Crippen LogP contribution in [0.5, 0.6) is 0 Å². The molecule has 0 aromatic rings. The Balaban J connectivity index is 0. The molecule has 1 rings (SSSR count). The maximum atomic E-state index is 5.42. The van der Waals surface area contributed by atoms with Crippen LogP contribution in [0.3, 0.4) is 0 Å². The van der Waals surface area contributed by atoms with Crippen molar-refractivity contribution in [3.05, 3.63) is 0 Å². The molecule has 0 bridgehead atoms. The van der Waals surface area contributed by atoms with E-state index in [1.54, 1.807) is 0 Å². The minimum Gasteiger partial charge on any atom is -0.330 e. The van der Waals surface area contributed by atoms with E-state index in [1.807, 2.05) is 0 Å². The zero-order valence-corrected chi connectivity index (χ0v) is 8.35. The van der Waals surface area contributed by atoms with Gasteiger partial charge in [0.1, 0.15) is 0 Å². The monoisotopic (exact) mass is 200 g/mol. The van der Waals surface area contributed by atoms with Gasteiger partial charge in [0.2, 0.25) is 0 Å². The third kappa shape index (κ3) is 5.74. The first-order valence-corrected chi connectivity index (χ1v) is 3.87. The molecule has 0 radical (unpaired) electrons. The van der Waals surface area contributed by atoms with Gasteiger partial charge in [0.05, 0.1) is 0 Å². The summed E-state index contributed by atoms with van der Waals surface area (Å²) in [6.07, 6.45) is 5.22. The number of rotatable bonds is 2. The summed E-state index contributed by atoms with van der Waals surface area (Å²) in [5, 5.41) is 3.44. The number of hydrogen-bond acceptors (Lipinski definition) is 2. The molecule has 11 heavy (non-hydrogen) atoms. The third-order valence-corrected chi connectivity index (χ3v) is 1.93. The van der Waals surface area contributed by atoms with E-state index < -0.39 is 0 Å². The molecule has 1 atom stereocenters. The number of hydrogen-bond donors (Lipinski definition) is 2. The molecule has 0 aromatic heterocycles. The summed E-state index contributed by atoms with van der Waals surface area (Å²) in [5.41, 5.74) is 5.42. The van der Waals surface area contributed by atoms with Crippen LogP contribution in [-0.4, -0.2) is 19.1 Å². The van der Waals surface area contributed by atoms with Crippen molar-refractivity contribution in [3.63, 3.8) is 0 Å². The van der Waals surface area contributed by atoms with Gasteiger partial charge < -0.3 is 11.1 Å². The van der Waals surface area contributed by atoms with E-state index in [9.17, 15) is 0 Å². The molecule has 1 saturated heterocycles. The zero-order chi connectivity index (χ0) is 6.53. The average Bonchev–Trinajstić information content (AvgIpc) is 1.91. The van der Waals surface area contributed by atoms with Crippen LogP contribution in [0.2, 0.25) is 0 Å². The van der Waals surface area contributed by atoms with E-state index in [0.717, 1.165) is 19.0 Å². The summed E-state index contributed by atoms with van der Waals surface area (Å²) in [7, 11) is 0. The highest BCUT2D eigenvalue weighted by molar-refractivity contribution is 5.85. The molecule has 0 aliphatic carbocycles. The maximum Gasteiger partial charge on any atom is 0.00790 e. The van der Waals surface area contributed by atoms with Gasteiger partial charge in [-0.2, -0.15) is 0 Å². The minimum atomic E-state index is 0. The first-order valence-electron chi connectivity index (χ1n) is 3.87. The summed E-state index contributed by atoms with van der Waals surface area (Å²) < 4.78 is 0. The second kappa shape index (κ2) is 8.60. The normalized spacial score (nSPS) is 23.2. The van der Waals surface area contributed by atoms with Crippen LogP contribution in [0.25, 0.3) is 0 Å². The van der Waals surface area contributed by atoms with Gasteiger partial charge in [-0.15, -0.1) is 24.8 Å². The molecule has 1 unspecified atom stereocenters. The van der Waals surface area contributed by atoms with Gasteiger partial charge in [-0.05, 0) is 32.4 Å². The molecule has 1 fully saturated rings. The molecule has 0 aromatic carbocycles. The van der Waals surface area contributed by atoms with Crippen LogP contribution in [0, 0.1) is 0 Å². The number of halogens is 2. The van der Waals surface area contributed by atoms with Gasteiger partial charge in [-0.25, -0.2) is 0 Å². The van der Waals surface area contributed by atoms with Crippen molar-refractivity contribution in [2.24, 2.45) is 5.73 Å². The summed E-state index contributed by atoms with van der Waals surface area (Å²) >= 11 is 0. The lowest BCUT2D eigenvalue weighted by molar-refractivity contribution is 0.386. The smallest absolute Gasteiger partial charge is 0.00790 e. The van der Waals surface area contributed by atoms with Crippen molar-refractivity contribution in [1.29, 1.82) is 0 Å². The average molecular weight is 201 g/mol. The third-order valence-electron chi connectivity index (χ3n) is 1.93. The van der Waals surface area contributed by atoms with Crippen LogP contribution in [0.1, 0.15) is 25.7 Å². The van der Waals surface area contributed by atoms with Crippen molar-refractivity contribution >= 4 is 24.8 Å². The predicted octanol–water partition coefficient (Wildman–Crippen LogP) is 1.32. The zero-order valence-electron chi connectivity index (χ0n) is 6.71. The molecule has 1 aliphatic heterocycles. The van der Waals surface area contributed by atoms with Crippen molar-refractivity contribution in [3.8, 4) is 0 Å². The Morgan fingerprint density at radius 3 is 2.45 bits per heavy atom. The highest BCUT2D eigenvalue weighted by Crippen LogP contribution is 2.08. The van der Waals surface area contributed by atoms with Crippen molar-refractivity contribution in [1.82, 2.24) is 5.32 Å². The van der Waals surface area contributed by atoms with Gasteiger partial charge in [-0.1, -0.05) is 6.42 Å². The standard InChI is InChI=1S/C7H16N2.2ClH/c8-5-4-7-3-1-2-6-9-7;;/h7,9H,1-6,8H2;2*1H. The largest absolute Gasteiger partial charge is 0.330 e. The van der Waals surface area contributed by atoms with E-state index >= 15 is 0 Å². The van der Waals surface area contributed by atoms with Crippen LogP contribution in [0.15, 0.2) is 0 Å². The summed E-state index contributed by atoms with van der Waals surface area (Å²) in [5.74, 6) is 0. The first kappa shape index (κ1) is 14.0. The summed E-state index contributed by atoms with van der Waals surface area (Å²) in [6, 6.07) is 0.726. The SMILES string of the molecule is Cl.Cl.NCCC1CCCCN1. The number of nitrogens with two attached hydrogens (primary N) is 1. The minimum absolute atomic E-state index is 0. The van der Waals surface area contributed by atoms with Gasteiger partial charge >= 0.3 is 0 Å². The van der Waals surface area contributed by atoms with E-state index in [2.05, 4.69) is 5.32 Å². The van der Waals surface area contributed by atoms with E-state index in [-0.39, 0.29) is 24.8 Å². The van der Waals surface area contributed by atoms with Crippen molar-refractivity contribution in [2.45, 2.75) is 31.7 Å². The fourth-order valence-electron chi connectivity index (χ4n) is 1.37. The molecule has 3 N–H and O–H groups in total. The first-order chi connectivity index (χ1) is 4.43. The van der Waals surface area contributed by atoms with Gasteiger partial charge in [0, 0.05) is 6.04 Å². The summed E-state index contributed by atoms with van der Waals surface area (Å²) in [4.78, 5) is 0. The molecular weight excluding hydrogens is 183 g/mol. The van der Waals surface area contributed by atoms with E-state index in [1.165, 1.54) is 25.8 Å². The van der Waals surface area contributed by atoms with E-state index in [0.29, 0.717) is 0 Å². The predicted molar refractivity (Wildman–Crippen MR) is 53.8 cm³/mol. The van der Waals surface area contributed by atoms with Gasteiger partial charge in [0.15, 0.2) is 0 Å². The molecule has 0 amide bonds. The van der Waals surface area contributed by atoms with Crippen LogP contribution < -0.4 is 11.1 Å². The van der Waals surface area contributed by atoms with Gasteiger partial charge in [0.25, 0.3) is 0 Å². The fraction of sp³-hybridized carbons (Fsp3) is 1.00. The lowest BCUT2D eigenvalue weighted by Gasteiger charge is -2.22. The maximum absolute atomic E-state index is 5.42. The number of nitrogens with one attached hydrogen (secondary N) is 1. The van der Waals surface area contributed by atoms with Crippen molar-refractivity contribution in [2.75, 3.05) is 13.1 Å². The van der Waals surface area contributed by atoms with Crippen LogP contribution in [-0.2, 0) is 0 Å². The Kier molecular flexibility index (Phi) is 11.0. The van der Waals surface area contributed by atoms with Crippen LogP contribution in [0.4, 0.5) is 0 Å². The quantitative estimate of drug-likeness (QED) is 0.707. The second-order valence-electron chi connectivity index (χ2n) is 2.72. The Labute approximate surface area is 81.1 Å².